The molecule has 0 spiro atoms. The number of alkyl halides is 1. The first-order valence-corrected chi connectivity index (χ1v) is 6.92. The van der Waals surface area contributed by atoms with Gasteiger partial charge in [0.05, 0.1) is 16.4 Å². The van der Waals surface area contributed by atoms with Crippen molar-refractivity contribution in [3.63, 3.8) is 0 Å². The van der Waals surface area contributed by atoms with Crippen LogP contribution in [0.5, 0.6) is 0 Å². The van der Waals surface area contributed by atoms with Crippen LogP contribution in [0.3, 0.4) is 0 Å². The van der Waals surface area contributed by atoms with Gasteiger partial charge in [0.25, 0.3) is 0 Å². The topological polar surface area (TPSA) is 17.8 Å². The molecule has 1 unspecified atom stereocenters. The molecule has 2 nitrogen and oxygen atoms in total. The summed E-state index contributed by atoms with van der Waals surface area (Å²) in [5, 5.41) is 5.45. The van der Waals surface area contributed by atoms with Crippen molar-refractivity contribution in [1.29, 1.82) is 0 Å². The largest absolute Gasteiger partial charge is 0.271 e. The Bertz CT molecular complexity index is 381. The summed E-state index contributed by atoms with van der Waals surface area (Å²) in [6.45, 7) is 8.55. The molecule has 1 rings (SSSR count). The van der Waals surface area contributed by atoms with E-state index in [4.69, 9.17) is 23.2 Å². The summed E-state index contributed by atoms with van der Waals surface area (Å²) in [4.78, 5) is 0. The number of aromatic nitrogens is 2. The van der Waals surface area contributed by atoms with Gasteiger partial charge in [-0.25, -0.2) is 0 Å². The lowest BCUT2D eigenvalue weighted by molar-refractivity contribution is 0.323. The van der Waals surface area contributed by atoms with Crippen LogP contribution in [0.15, 0.2) is 0 Å². The molecule has 17 heavy (non-hydrogen) atoms. The van der Waals surface area contributed by atoms with E-state index >= 15 is 0 Å². The summed E-state index contributed by atoms with van der Waals surface area (Å²) in [5.74, 6) is 0. The average Bonchev–Trinajstić information content (AvgIpc) is 2.42. The molecule has 0 saturated carbocycles. The van der Waals surface area contributed by atoms with Crippen molar-refractivity contribution in [3.05, 3.63) is 16.4 Å². The lowest BCUT2D eigenvalue weighted by Crippen LogP contribution is -2.20. The highest BCUT2D eigenvalue weighted by molar-refractivity contribution is 6.31. The maximum Gasteiger partial charge on any atom is 0.0849 e. The molecular weight excluding hydrogens is 255 g/mol. The first-order chi connectivity index (χ1) is 7.76. The SMILES string of the molecule is CCc1nn(C)c(CC(C)(C)CC(C)Cl)c1Cl. The zero-order valence-corrected chi connectivity index (χ0v) is 12.9. The highest BCUT2D eigenvalue weighted by Gasteiger charge is 2.25. The molecule has 0 aliphatic carbocycles. The van der Waals surface area contributed by atoms with Crippen LogP contribution in [-0.2, 0) is 19.9 Å². The molecule has 1 heterocycles. The summed E-state index contributed by atoms with van der Waals surface area (Å²) >= 11 is 12.4. The predicted octanol–water partition coefficient (Wildman–Crippen LogP) is 4.22. The zero-order valence-electron chi connectivity index (χ0n) is 11.3. The van der Waals surface area contributed by atoms with Crippen molar-refractivity contribution < 1.29 is 0 Å². The molecule has 4 heteroatoms. The Morgan fingerprint density at radius 2 is 2.00 bits per heavy atom. The Kier molecular flexibility index (Phi) is 4.91. The average molecular weight is 277 g/mol. The van der Waals surface area contributed by atoms with E-state index in [1.165, 1.54) is 0 Å². The summed E-state index contributed by atoms with van der Waals surface area (Å²) in [6.07, 6.45) is 2.75. The lowest BCUT2D eigenvalue weighted by atomic mass is 9.83. The van der Waals surface area contributed by atoms with Crippen LogP contribution in [0.2, 0.25) is 5.02 Å². The van der Waals surface area contributed by atoms with Crippen molar-refractivity contribution in [3.8, 4) is 0 Å². The number of hydrogen-bond donors (Lipinski definition) is 0. The third kappa shape index (κ3) is 3.89. The molecular formula is C13H22Cl2N2. The Morgan fingerprint density at radius 1 is 1.41 bits per heavy atom. The van der Waals surface area contributed by atoms with Gasteiger partial charge >= 0.3 is 0 Å². The third-order valence-corrected chi connectivity index (χ3v) is 3.57. The van der Waals surface area contributed by atoms with Gasteiger partial charge in [-0.2, -0.15) is 5.10 Å². The van der Waals surface area contributed by atoms with E-state index in [1.807, 2.05) is 18.7 Å². The molecule has 98 valence electrons. The van der Waals surface area contributed by atoms with Gasteiger partial charge in [0.1, 0.15) is 0 Å². The monoisotopic (exact) mass is 276 g/mol. The quantitative estimate of drug-likeness (QED) is 0.737. The second kappa shape index (κ2) is 5.62. The summed E-state index contributed by atoms with van der Waals surface area (Å²) in [7, 11) is 1.96. The van der Waals surface area contributed by atoms with Gasteiger partial charge in [0.15, 0.2) is 0 Å². The van der Waals surface area contributed by atoms with E-state index < -0.39 is 0 Å². The molecule has 1 atom stereocenters. The maximum atomic E-state index is 6.36. The minimum atomic E-state index is 0.142. The van der Waals surface area contributed by atoms with Gasteiger partial charge in [-0.1, -0.05) is 32.4 Å². The fraction of sp³-hybridized carbons (Fsp3) is 0.769. The second-order valence-corrected chi connectivity index (χ2v) is 6.63. The van der Waals surface area contributed by atoms with Gasteiger partial charge in [-0.3, -0.25) is 4.68 Å². The summed E-state index contributed by atoms with van der Waals surface area (Å²) < 4.78 is 1.90. The molecule has 0 saturated heterocycles. The van der Waals surface area contributed by atoms with Crippen molar-refractivity contribution in [2.75, 3.05) is 0 Å². The van der Waals surface area contributed by atoms with E-state index in [2.05, 4.69) is 25.9 Å². The van der Waals surface area contributed by atoms with E-state index in [0.717, 1.165) is 35.7 Å². The number of rotatable bonds is 5. The predicted molar refractivity (Wildman–Crippen MR) is 75.0 cm³/mol. The Morgan fingerprint density at radius 3 is 2.41 bits per heavy atom. The molecule has 0 aliphatic rings. The number of hydrogen-bond acceptors (Lipinski definition) is 1. The molecule has 1 aromatic heterocycles. The molecule has 0 amide bonds. The van der Waals surface area contributed by atoms with Gasteiger partial charge in [-0.05, 0) is 31.6 Å². The molecule has 0 N–H and O–H groups in total. The van der Waals surface area contributed by atoms with Gasteiger partial charge < -0.3 is 0 Å². The van der Waals surface area contributed by atoms with Crippen LogP contribution in [0.1, 0.15) is 45.5 Å². The fourth-order valence-corrected chi connectivity index (χ4v) is 3.08. The van der Waals surface area contributed by atoms with Crippen LogP contribution in [0.4, 0.5) is 0 Å². The summed E-state index contributed by atoms with van der Waals surface area (Å²) in [6, 6.07) is 0. The number of halogens is 2. The minimum Gasteiger partial charge on any atom is -0.271 e. The standard InChI is InChI=1S/C13H22Cl2N2/c1-6-10-12(15)11(17(5)16-10)8-13(3,4)7-9(2)14/h9H,6-8H2,1-5H3. The van der Waals surface area contributed by atoms with Gasteiger partial charge in [0, 0.05) is 12.4 Å². The lowest BCUT2D eigenvalue weighted by Gasteiger charge is -2.26. The summed E-state index contributed by atoms with van der Waals surface area (Å²) in [5.41, 5.74) is 2.24. The van der Waals surface area contributed by atoms with Crippen LogP contribution in [0.25, 0.3) is 0 Å². The number of nitrogens with zero attached hydrogens (tertiary/aromatic N) is 2. The van der Waals surface area contributed by atoms with Crippen LogP contribution < -0.4 is 0 Å². The minimum absolute atomic E-state index is 0.142. The zero-order chi connectivity index (χ0) is 13.2. The Labute approximate surface area is 114 Å². The van der Waals surface area contributed by atoms with Gasteiger partial charge in [-0.15, -0.1) is 11.6 Å². The molecule has 0 bridgehead atoms. The van der Waals surface area contributed by atoms with Crippen molar-refractivity contribution in [1.82, 2.24) is 9.78 Å². The molecule has 0 aliphatic heterocycles. The number of aryl methyl sites for hydroxylation is 2. The highest BCUT2D eigenvalue weighted by Crippen LogP contribution is 2.32. The van der Waals surface area contributed by atoms with Crippen molar-refractivity contribution in [2.24, 2.45) is 12.5 Å². The Balaban J connectivity index is 2.91. The van der Waals surface area contributed by atoms with E-state index in [-0.39, 0.29) is 10.8 Å². The van der Waals surface area contributed by atoms with Gasteiger partial charge in [0.2, 0.25) is 0 Å². The molecule has 1 aromatic rings. The molecule has 0 aromatic carbocycles. The van der Waals surface area contributed by atoms with E-state index in [0.29, 0.717) is 0 Å². The highest BCUT2D eigenvalue weighted by atomic mass is 35.5. The third-order valence-electron chi connectivity index (χ3n) is 2.98. The smallest absolute Gasteiger partial charge is 0.0849 e. The van der Waals surface area contributed by atoms with E-state index in [1.54, 1.807) is 0 Å². The van der Waals surface area contributed by atoms with Crippen molar-refractivity contribution in [2.45, 2.75) is 52.3 Å². The second-order valence-electron chi connectivity index (χ2n) is 5.51. The first kappa shape index (κ1) is 14.8. The first-order valence-electron chi connectivity index (χ1n) is 6.11. The van der Waals surface area contributed by atoms with Crippen molar-refractivity contribution >= 4 is 23.2 Å². The fourth-order valence-electron chi connectivity index (χ4n) is 2.30. The van der Waals surface area contributed by atoms with Crippen LogP contribution >= 0.6 is 23.2 Å². The Hall–Kier alpha value is -0.210. The van der Waals surface area contributed by atoms with Crippen LogP contribution in [0, 0.1) is 5.41 Å². The van der Waals surface area contributed by atoms with E-state index in [9.17, 15) is 0 Å². The normalized spacial score (nSPS) is 14.1. The molecule has 0 fully saturated rings. The molecule has 0 radical (unpaired) electrons. The van der Waals surface area contributed by atoms with Crippen LogP contribution in [-0.4, -0.2) is 15.2 Å². The maximum absolute atomic E-state index is 6.36.